The molecule has 0 radical (unpaired) electrons. The smallest absolute Gasteiger partial charge is 0.321 e. The summed E-state index contributed by atoms with van der Waals surface area (Å²) in [6, 6.07) is 8.37. The van der Waals surface area contributed by atoms with E-state index in [2.05, 4.69) is 70.4 Å². The van der Waals surface area contributed by atoms with Crippen molar-refractivity contribution in [2.24, 2.45) is 0 Å². The molecular formula is C25H37N5O2S. The molecular weight excluding hydrogens is 434 g/mol. The third kappa shape index (κ3) is 7.06. The van der Waals surface area contributed by atoms with Crippen LogP contribution >= 0.6 is 11.8 Å². The molecule has 0 spiro atoms. The Morgan fingerprint density at radius 1 is 1.00 bits per heavy atom. The van der Waals surface area contributed by atoms with E-state index in [9.17, 15) is 9.59 Å². The summed E-state index contributed by atoms with van der Waals surface area (Å²) in [7, 11) is 0. The fourth-order valence-corrected chi connectivity index (χ4v) is 4.83. The van der Waals surface area contributed by atoms with Crippen molar-refractivity contribution < 1.29 is 9.59 Å². The zero-order valence-corrected chi connectivity index (χ0v) is 21.5. The number of imide groups is 1. The largest absolute Gasteiger partial charge is 0.333 e. The van der Waals surface area contributed by atoms with E-state index in [0.717, 1.165) is 29.4 Å². The lowest BCUT2D eigenvalue weighted by Crippen LogP contribution is -2.48. The van der Waals surface area contributed by atoms with Gasteiger partial charge in [-0.05, 0) is 44.6 Å². The first-order valence-electron chi connectivity index (χ1n) is 11.7. The van der Waals surface area contributed by atoms with Gasteiger partial charge in [0.25, 0.3) is 0 Å². The zero-order chi connectivity index (χ0) is 24.2. The summed E-state index contributed by atoms with van der Waals surface area (Å²) in [5.41, 5.74) is 1.98. The van der Waals surface area contributed by atoms with Gasteiger partial charge in [0.15, 0.2) is 11.0 Å². The molecule has 1 aliphatic carbocycles. The van der Waals surface area contributed by atoms with Gasteiger partial charge in [0.05, 0.1) is 5.75 Å². The maximum Gasteiger partial charge on any atom is 0.321 e. The normalized spacial score (nSPS) is 15.3. The van der Waals surface area contributed by atoms with Crippen LogP contribution in [0.4, 0.5) is 4.79 Å². The summed E-state index contributed by atoms with van der Waals surface area (Å²) in [5, 5.41) is 14.8. The molecule has 8 heteroatoms. The Labute approximate surface area is 201 Å². The van der Waals surface area contributed by atoms with Gasteiger partial charge in [-0.3, -0.25) is 14.7 Å². The van der Waals surface area contributed by atoms with Crippen LogP contribution in [0.2, 0.25) is 0 Å². The highest BCUT2D eigenvalue weighted by Crippen LogP contribution is 2.36. The summed E-state index contributed by atoms with van der Waals surface area (Å²) < 4.78 is 2.21. The number of amides is 3. The predicted molar refractivity (Wildman–Crippen MR) is 133 cm³/mol. The van der Waals surface area contributed by atoms with Crippen LogP contribution in [0.15, 0.2) is 29.4 Å². The van der Waals surface area contributed by atoms with Crippen molar-refractivity contribution in [1.82, 2.24) is 25.4 Å². The van der Waals surface area contributed by atoms with E-state index in [4.69, 9.17) is 0 Å². The molecule has 180 valence electrons. The number of nitrogens with one attached hydrogen (secondary N) is 2. The SMILES string of the molecule is CC(C)(C)NC(=O)NC(=O)CSc1nnc(-c2ccc(C(C)(C)C)cc2)n1C1CCCCC1. The number of nitrogens with zero attached hydrogens (tertiary/aromatic N) is 3. The molecule has 33 heavy (non-hydrogen) atoms. The van der Waals surface area contributed by atoms with Crippen LogP contribution in [0, 0.1) is 0 Å². The molecule has 1 saturated carbocycles. The number of aromatic nitrogens is 3. The standard InChI is InChI=1S/C25H37N5O2S/c1-24(2,3)18-14-12-17(13-15-18)21-28-29-23(30(21)19-10-8-7-9-11-19)33-16-20(31)26-22(32)27-25(4,5)6/h12-15,19H,7-11,16H2,1-6H3,(H2,26,27,31,32). The van der Waals surface area contributed by atoms with Gasteiger partial charge in [-0.1, -0.05) is 76.1 Å². The van der Waals surface area contributed by atoms with Gasteiger partial charge >= 0.3 is 6.03 Å². The van der Waals surface area contributed by atoms with Crippen molar-refractivity contribution in [2.45, 2.75) is 95.8 Å². The summed E-state index contributed by atoms with van der Waals surface area (Å²) in [6.45, 7) is 12.2. The third-order valence-corrected chi connectivity index (χ3v) is 6.63. The van der Waals surface area contributed by atoms with Crippen molar-refractivity contribution in [3.8, 4) is 11.4 Å². The first-order chi connectivity index (χ1) is 15.4. The molecule has 1 aromatic carbocycles. The molecule has 0 atom stereocenters. The quantitative estimate of drug-likeness (QED) is 0.565. The van der Waals surface area contributed by atoms with Crippen LogP contribution in [0.5, 0.6) is 0 Å². The maximum atomic E-state index is 12.4. The molecule has 1 aliphatic rings. The fourth-order valence-electron chi connectivity index (χ4n) is 4.02. The number of carbonyl (C=O) groups excluding carboxylic acids is 2. The molecule has 0 unspecified atom stereocenters. The molecule has 0 aliphatic heterocycles. The minimum absolute atomic E-state index is 0.0865. The van der Waals surface area contributed by atoms with Crippen molar-refractivity contribution in [3.63, 3.8) is 0 Å². The lowest BCUT2D eigenvalue weighted by molar-refractivity contribution is -0.117. The monoisotopic (exact) mass is 471 g/mol. The molecule has 3 rings (SSSR count). The van der Waals surface area contributed by atoms with Gasteiger partial charge in [0.2, 0.25) is 5.91 Å². The highest BCUT2D eigenvalue weighted by molar-refractivity contribution is 7.99. The van der Waals surface area contributed by atoms with Crippen molar-refractivity contribution in [3.05, 3.63) is 29.8 Å². The van der Waals surface area contributed by atoms with Crippen molar-refractivity contribution >= 4 is 23.7 Å². The van der Waals surface area contributed by atoms with Crippen LogP contribution < -0.4 is 10.6 Å². The van der Waals surface area contributed by atoms with Crippen LogP contribution in [-0.2, 0) is 10.2 Å². The molecule has 1 fully saturated rings. The summed E-state index contributed by atoms with van der Waals surface area (Å²) in [6.07, 6.45) is 5.78. The third-order valence-electron chi connectivity index (χ3n) is 5.69. The van der Waals surface area contributed by atoms with Gasteiger partial charge in [-0.25, -0.2) is 4.79 Å². The van der Waals surface area contributed by atoms with Crippen LogP contribution in [-0.4, -0.2) is 38.0 Å². The first-order valence-corrected chi connectivity index (χ1v) is 12.7. The summed E-state index contributed by atoms with van der Waals surface area (Å²) in [4.78, 5) is 24.4. The molecule has 0 bridgehead atoms. The van der Waals surface area contributed by atoms with Crippen molar-refractivity contribution in [2.75, 3.05) is 5.75 Å². The van der Waals surface area contributed by atoms with E-state index in [1.807, 2.05) is 20.8 Å². The lowest BCUT2D eigenvalue weighted by atomic mass is 9.86. The lowest BCUT2D eigenvalue weighted by Gasteiger charge is -2.26. The van der Waals surface area contributed by atoms with E-state index in [-0.39, 0.29) is 17.1 Å². The highest BCUT2D eigenvalue weighted by Gasteiger charge is 2.25. The second-order valence-electron chi connectivity index (χ2n) is 10.8. The Morgan fingerprint density at radius 2 is 1.64 bits per heavy atom. The minimum atomic E-state index is -0.485. The van der Waals surface area contributed by atoms with E-state index in [0.29, 0.717) is 6.04 Å². The number of urea groups is 1. The van der Waals surface area contributed by atoms with Crippen LogP contribution in [0.25, 0.3) is 11.4 Å². The molecule has 2 aromatic rings. The second kappa shape index (κ2) is 10.3. The number of hydrogen-bond acceptors (Lipinski definition) is 5. The number of benzene rings is 1. The van der Waals surface area contributed by atoms with Crippen LogP contribution in [0.3, 0.4) is 0 Å². The number of hydrogen-bond donors (Lipinski definition) is 2. The Morgan fingerprint density at radius 3 is 2.21 bits per heavy atom. The van der Waals surface area contributed by atoms with E-state index in [1.54, 1.807) is 0 Å². The summed E-state index contributed by atoms with van der Waals surface area (Å²) in [5.74, 6) is 0.595. The van der Waals surface area contributed by atoms with Gasteiger partial charge in [0.1, 0.15) is 0 Å². The van der Waals surface area contributed by atoms with E-state index >= 15 is 0 Å². The topological polar surface area (TPSA) is 88.9 Å². The Kier molecular flexibility index (Phi) is 7.88. The Bertz CT molecular complexity index is 964. The molecule has 1 aromatic heterocycles. The van der Waals surface area contributed by atoms with Crippen molar-refractivity contribution in [1.29, 1.82) is 0 Å². The van der Waals surface area contributed by atoms with Gasteiger partial charge in [-0.15, -0.1) is 10.2 Å². The van der Waals surface area contributed by atoms with Gasteiger partial charge in [0, 0.05) is 17.1 Å². The Hall–Kier alpha value is -2.35. The molecule has 3 amide bonds. The predicted octanol–water partition coefficient (Wildman–Crippen LogP) is 5.46. The number of rotatable bonds is 5. The van der Waals surface area contributed by atoms with Crippen LogP contribution in [0.1, 0.15) is 85.3 Å². The van der Waals surface area contributed by atoms with Gasteiger partial charge < -0.3 is 5.32 Å². The Balaban J connectivity index is 1.79. The molecule has 7 nitrogen and oxygen atoms in total. The van der Waals surface area contributed by atoms with E-state index in [1.165, 1.54) is 36.6 Å². The summed E-state index contributed by atoms with van der Waals surface area (Å²) >= 11 is 1.33. The average molecular weight is 472 g/mol. The van der Waals surface area contributed by atoms with E-state index < -0.39 is 11.6 Å². The number of carbonyl (C=O) groups is 2. The zero-order valence-electron chi connectivity index (χ0n) is 20.7. The minimum Gasteiger partial charge on any atom is -0.333 e. The second-order valence-corrected chi connectivity index (χ2v) is 11.8. The molecule has 0 saturated heterocycles. The highest BCUT2D eigenvalue weighted by atomic mass is 32.2. The maximum absolute atomic E-state index is 12.4. The average Bonchev–Trinajstić information content (AvgIpc) is 3.15. The first kappa shape index (κ1) is 25.3. The fraction of sp³-hybridized carbons (Fsp3) is 0.600. The van der Waals surface area contributed by atoms with Gasteiger partial charge in [-0.2, -0.15) is 0 Å². The molecule has 1 heterocycles. The number of thioether (sulfide) groups is 1. The molecule has 2 N–H and O–H groups in total.